The highest BCUT2D eigenvalue weighted by Gasteiger charge is 2.33. The number of thioether (sulfide) groups is 2. The molecule has 0 radical (unpaired) electrons. The monoisotopic (exact) mass is 544 g/mol. The molecule has 0 atom stereocenters. The van der Waals surface area contributed by atoms with Gasteiger partial charge in [0.15, 0.2) is 4.34 Å². The van der Waals surface area contributed by atoms with Gasteiger partial charge < -0.3 is 4.74 Å². The topological polar surface area (TPSA) is 101 Å². The lowest BCUT2D eigenvalue weighted by molar-refractivity contribution is -0.131. The van der Waals surface area contributed by atoms with Gasteiger partial charge in [0, 0.05) is 0 Å². The molecule has 2 heterocycles. The minimum Gasteiger partial charge on any atom is -0.494 e. The van der Waals surface area contributed by atoms with E-state index in [0.717, 1.165) is 37.6 Å². The molecule has 0 spiro atoms. The number of benzene rings is 2. The third-order valence-electron chi connectivity index (χ3n) is 4.61. The molecule has 1 aliphatic rings. The SMILES string of the molecule is CCOc1ccc(/C=C2\SC(=S)N(CC(=O)NNC(=O)CSc3nc4ccccc4s3)C2=O)cc1. The molecule has 2 N–H and O–H groups in total. The van der Waals surface area contributed by atoms with Crippen LogP contribution in [0, 0.1) is 0 Å². The molecule has 4 rings (SSSR count). The van der Waals surface area contributed by atoms with E-state index < -0.39 is 5.91 Å². The molecule has 3 amide bonds. The molecule has 1 aliphatic heterocycles. The largest absolute Gasteiger partial charge is 0.494 e. The van der Waals surface area contributed by atoms with Gasteiger partial charge in [-0.2, -0.15) is 0 Å². The van der Waals surface area contributed by atoms with Crippen molar-refractivity contribution < 1.29 is 19.1 Å². The Balaban J connectivity index is 1.25. The maximum Gasteiger partial charge on any atom is 0.266 e. The summed E-state index contributed by atoms with van der Waals surface area (Å²) in [6.45, 7) is 2.18. The van der Waals surface area contributed by atoms with Crippen molar-refractivity contribution in [3.63, 3.8) is 0 Å². The first-order chi connectivity index (χ1) is 16.9. The maximum atomic E-state index is 12.7. The summed E-state index contributed by atoms with van der Waals surface area (Å²) in [5.41, 5.74) is 6.39. The Morgan fingerprint density at radius 3 is 2.63 bits per heavy atom. The van der Waals surface area contributed by atoms with E-state index in [-0.39, 0.29) is 28.4 Å². The van der Waals surface area contributed by atoms with Crippen molar-refractivity contribution in [2.45, 2.75) is 11.3 Å². The predicted octanol–water partition coefficient (Wildman–Crippen LogP) is 3.84. The van der Waals surface area contributed by atoms with Gasteiger partial charge in [-0.25, -0.2) is 4.98 Å². The number of hydrazine groups is 1. The van der Waals surface area contributed by atoms with E-state index in [2.05, 4.69) is 15.8 Å². The number of thiazole rings is 1. The number of ether oxygens (including phenoxy) is 1. The quantitative estimate of drug-likeness (QED) is 0.191. The first kappa shape index (κ1) is 25.2. The number of nitrogens with one attached hydrogen (secondary N) is 2. The van der Waals surface area contributed by atoms with E-state index in [4.69, 9.17) is 17.0 Å². The van der Waals surface area contributed by atoms with Crippen molar-refractivity contribution in [2.75, 3.05) is 18.9 Å². The smallest absolute Gasteiger partial charge is 0.266 e. The molecule has 2 aromatic carbocycles. The number of nitrogens with zero attached hydrogens (tertiary/aromatic N) is 2. The average molecular weight is 545 g/mol. The summed E-state index contributed by atoms with van der Waals surface area (Å²) < 4.78 is 7.51. The zero-order valence-corrected chi connectivity index (χ0v) is 21.7. The van der Waals surface area contributed by atoms with Crippen LogP contribution in [0.15, 0.2) is 57.8 Å². The Hall–Kier alpha value is -2.93. The van der Waals surface area contributed by atoms with Gasteiger partial charge in [-0.1, -0.05) is 60.0 Å². The van der Waals surface area contributed by atoms with E-state index in [0.29, 0.717) is 11.5 Å². The molecular formula is C23H20N4O4S4. The number of fused-ring (bicyclic) bond motifs is 1. The van der Waals surface area contributed by atoms with E-state index in [1.165, 1.54) is 28.0 Å². The second-order valence-electron chi connectivity index (χ2n) is 7.10. The van der Waals surface area contributed by atoms with Crippen LogP contribution in [0.5, 0.6) is 5.75 Å². The summed E-state index contributed by atoms with van der Waals surface area (Å²) in [6, 6.07) is 15.1. The Bertz CT molecular complexity index is 1270. The number of aromatic nitrogens is 1. The number of carbonyl (C=O) groups is 3. The van der Waals surface area contributed by atoms with Gasteiger partial charge in [0.1, 0.15) is 16.6 Å². The highest BCUT2D eigenvalue weighted by Crippen LogP contribution is 2.32. The summed E-state index contributed by atoms with van der Waals surface area (Å²) in [7, 11) is 0. The fourth-order valence-corrected chi connectivity index (χ4v) is 6.14. The normalized spacial score (nSPS) is 14.5. The number of hydrogen-bond acceptors (Lipinski definition) is 9. The van der Waals surface area contributed by atoms with Gasteiger partial charge in [-0.3, -0.25) is 30.1 Å². The molecule has 35 heavy (non-hydrogen) atoms. The molecule has 12 heteroatoms. The van der Waals surface area contributed by atoms with Crippen molar-refractivity contribution in [1.82, 2.24) is 20.7 Å². The number of carbonyl (C=O) groups excluding carboxylic acids is 3. The lowest BCUT2D eigenvalue weighted by Gasteiger charge is -2.14. The van der Waals surface area contributed by atoms with Gasteiger partial charge in [0.2, 0.25) is 5.91 Å². The van der Waals surface area contributed by atoms with Crippen molar-refractivity contribution in [2.24, 2.45) is 0 Å². The zero-order chi connectivity index (χ0) is 24.8. The van der Waals surface area contributed by atoms with Crippen LogP contribution in [0.4, 0.5) is 0 Å². The van der Waals surface area contributed by atoms with Gasteiger partial charge >= 0.3 is 0 Å². The second kappa shape index (κ2) is 11.7. The van der Waals surface area contributed by atoms with Gasteiger partial charge in [0.25, 0.3) is 11.8 Å². The minimum absolute atomic E-state index is 0.0893. The summed E-state index contributed by atoms with van der Waals surface area (Å²) in [4.78, 5) is 43.3. The summed E-state index contributed by atoms with van der Waals surface area (Å²) in [5.74, 6) is -0.465. The first-order valence-electron chi connectivity index (χ1n) is 10.5. The van der Waals surface area contributed by atoms with Gasteiger partial charge in [-0.05, 0) is 42.8 Å². The van der Waals surface area contributed by atoms with Crippen molar-refractivity contribution in [3.8, 4) is 5.75 Å². The molecule has 8 nitrogen and oxygen atoms in total. The first-order valence-corrected chi connectivity index (χ1v) is 13.5. The van der Waals surface area contributed by atoms with Crippen molar-refractivity contribution >= 4 is 85.4 Å². The van der Waals surface area contributed by atoms with E-state index >= 15 is 0 Å². The molecule has 0 aliphatic carbocycles. The van der Waals surface area contributed by atoms with Gasteiger partial charge in [0.05, 0.1) is 27.5 Å². The van der Waals surface area contributed by atoms with Crippen LogP contribution >= 0.6 is 47.1 Å². The highest BCUT2D eigenvalue weighted by molar-refractivity contribution is 8.26. The summed E-state index contributed by atoms with van der Waals surface area (Å²) in [6.07, 6.45) is 1.72. The lowest BCUT2D eigenvalue weighted by atomic mass is 10.2. The van der Waals surface area contributed by atoms with Crippen LogP contribution < -0.4 is 15.6 Å². The molecule has 0 unspecified atom stereocenters. The number of para-hydroxylation sites is 1. The van der Waals surface area contributed by atoms with Crippen LogP contribution in [0.25, 0.3) is 16.3 Å². The number of rotatable bonds is 8. The fourth-order valence-electron chi connectivity index (χ4n) is 3.01. The lowest BCUT2D eigenvalue weighted by Crippen LogP contribution is -2.47. The highest BCUT2D eigenvalue weighted by atomic mass is 32.2. The Morgan fingerprint density at radius 2 is 1.89 bits per heavy atom. The van der Waals surface area contributed by atoms with E-state index in [1.807, 2.05) is 55.5 Å². The molecule has 0 bridgehead atoms. The Labute approximate surface area is 219 Å². The van der Waals surface area contributed by atoms with Crippen molar-refractivity contribution in [3.05, 3.63) is 59.0 Å². The summed E-state index contributed by atoms with van der Waals surface area (Å²) in [5, 5.41) is 0. The molecule has 3 aromatic rings. The molecule has 0 saturated carbocycles. The van der Waals surface area contributed by atoms with Crippen LogP contribution in [0.2, 0.25) is 0 Å². The summed E-state index contributed by atoms with van der Waals surface area (Å²) >= 11 is 9.19. The van der Waals surface area contributed by atoms with E-state index in [9.17, 15) is 14.4 Å². The second-order valence-corrected chi connectivity index (χ2v) is 11.0. The maximum absolute atomic E-state index is 12.7. The Kier molecular flexibility index (Phi) is 8.39. The zero-order valence-electron chi connectivity index (χ0n) is 18.5. The standard InChI is InChI=1S/C23H20N4O4S4/c1-2-31-15-9-7-14(8-10-15)11-18-21(30)27(23(32)35-18)12-19(28)25-26-20(29)13-33-22-24-16-5-3-4-6-17(16)34-22/h3-11H,2,12-13H2,1H3,(H,25,28)(H,26,29)/b18-11-. The molecule has 1 saturated heterocycles. The van der Waals surface area contributed by atoms with Crippen LogP contribution in [-0.4, -0.2) is 50.8 Å². The Morgan fingerprint density at radius 1 is 1.14 bits per heavy atom. The minimum atomic E-state index is -0.554. The van der Waals surface area contributed by atoms with E-state index in [1.54, 1.807) is 6.08 Å². The third-order valence-corrected chi connectivity index (χ3v) is 8.16. The molecule has 1 fully saturated rings. The van der Waals surface area contributed by atoms with Crippen LogP contribution in [0.1, 0.15) is 12.5 Å². The predicted molar refractivity (Wildman–Crippen MR) is 144 cm³/mol. The van der Waals surface area contributed by atoms with Crippen LogP contribution in [0.3, 0.4) is 0 Å². The van der Waals surface area contributed by atoms with Crippen LogP contribution in [-0.2, 0) is 14.4 Å². The molecule has 1 aromatic heterocycles. The van der Waals surface area contributed by atoms with Gasteiger partial charge in [-0.15, -0.1) is 11.3 Å². The molecule has 180 valence electrons. The van der Waals surface area contributed by atoms with Crippen molar-refractivity contribution in [1.29, 1.82) is 0 Å². The number of amides is 3. The average Bonchev–Trinajstić information content (AvgIpc) is 3.38. The molecular weight excluding hydrogens is 525 g/mol. The third kappa shape index (κ3) is 6.60. The number of hydrogen-bond donors (Lipinski definition) is 2. The fraction of sp³-hybridized carbons (Fsp3) is 0.174. The number of thiocarbonyl (C=S) groups is 1.